The first-order chi connectivity index (χ1) is 7.42. The van der Waals surface area contributed by atoms with Crippen LogP contribution in [0.5, 0.6) is 0 Å². The molecule has 1 atom stereocenters. The molecule has 0 unspecified atom stereocenters. The van der Waals surface area contributed by atoms with Crippen LogP contribution in [-0.2, 0) is 13.1 Å². The number of rotatable bonds is 2. The van der Waals surface area contributed by atoms with Crippen LogP contribution in [0.1, 0.15) is 24.0 Å². The molecule has 2 heterocycles. The highest BCUT2D eigenvalue weighted by Crippen LogP contribution is 2.23. The van der Waals surface area contributed by atoms with E-state index in [2.05, 4.69) is 34.5 Å². The van der Waals surface area contributed by atoms with Crippen LogP contribution in [0.4, 0.5) is 0 Å². The third kappa shape index (κ3) is 1.92. The Morgan fingerprint density at radius 1 is 1.20 bits per heavy atom. The summed E-state index contributed by atoms with van der Waals surface area (Å²) in [5.41, 5.74) is 3.05. The van der Waals surface area contributed by atoms with E-state index in [0.717, 1.165) is 19.1 Å². The first-order valence-corrected chi connectivity index (χ1v) is 5.94. The van der Waals surface area contributed by atoms with Gasteiger partial charge in [0, 0.05) is 25.7 Å². The lowest BCUT2D eigenvalue weighted by molar-refractivity contribution is 0.256. The summed E-state index contributed by atoms with van der Waals surface area (Å²) in [5, 5.41) is 3.57. The minimum absolute atomic E-state index is 0.735. The first kappa shape index (κ1) is 9.37. The van der Waals surface area contributed by atoms with Crippen molar-refractivity contribution in [3.8, 4) is 0 Å². The third-order valence-corrected chi connectivity index (χ3v) is 3.55. The molecule has 1 fully saturated rings. The van der Waals surface area contributed by atoms with Crippen molar-refractivity contribution in [1.29, 1.82) is 0 Å². The molecule has 2 aliphatic heterocycles. The molecule has 80 valence electrons. The fourth-order valence-corrected chi connectivity index (χ4v) is 2.76. The summed E-state index contributed by atoms with van der Waals surface area (Å²) >= 11 is 0. The van der Waals surface area contributed by atoms with E-state index in [1.165, 1.54) is 37.1 Å². The standard InChI is InChI=1S/C13H18N2/c1-2-5-12-9-15(8-11(12)4-1)10-13-6-3-7-14-13/h1-2,4-5,13-14H,3,6-10H2/t13-/m1/s1. The van der Waals surface area contributed by atoms with Crippen molar-refractivity contribution in [3.05, 3.63) is 35.4 Å². The maximum atomic E-state index is 3.57. The van der Waals surface area contributed by atoms with Crippen molar-refractivity contribution in [2.75, 3.05) is 13.1 Å². The number of benzene rings is 1. The van der Waals surface area contributed by atoms with E-state index < -0.39 is 0 Å². The zero-order chi connectivity index (χ0) is 10.1. The lowest BCUT2D eigenvalue weighted by Gasteiger charge is -2.19. The number of nitrogens with zero attached hydrogens (tertiary/aromatic N) is 1. The van der Waals surface area contributed by atoms with Crippen molar-refractivity contribution in [1.82, 2.24) is 10.2 Å². The van der Waals surface area contributed by atoms with E-state index >= 15 is 0 Å². The molecule has 0 radical (unpaired) electrons. The highest BCUT2D eigenvalue weighted by atomic mass is 15.2. The highest BCUT2D eigenvalue weighted by Gasteiger charge is 2.22. The van der Waals surface area contributed by atoms with Crippen LogP contribution in [-0.4, -0.2) is 24.0 Å². The average molecular weight is 202 g/mol. The van der Waals surface area contributed by atoms with Crippen molar-refractivity contribution >= 4 is 0 Å². The second kappa shape index (κ2) is 3.95. The predicted octanol–water partition coefficient (Wildman–Crippen LogP) is 1.75. The zero-order valence-corrected chi connectivity index (χ0v) is 9.08. The van der Waals surface area contributed by atoms with Crippen LogP contribution in [0, 0.1) is 0 Å². The molecule has 1 aromatic rings. The SMILES string of the molecule is c1ccc2c(c1)CN(C[C@H]1CCCN1)C2. The van der Waals surface area contributed by atoms with E-state index in [4.69, 9.17) is 0 Å². The highest BCUT2D eigenvalue weighted by molar-refractivity contribution is 5.30. The predicted molar refractivity (Wildman–Crippen MR) is 61.6 cm³/mol. The van der Waals surface area contributed by atoms with Crippen LogP contribution in [0.25, 0.3) is 0 Å². The molecule has 0 aliphatic carbocycles. The molecule has 0 spiro atoms. The van der Waals surface area contributed by atoms with Crippen molar-refractivity contribution in [3.63, 3.8) is 0 Å². The Morgan fingerprint density at radius 3 is 2.53 bits per heavy atom. The molecular formula is C13H18N2. The fraction of sp³-hybridized carbons (Fsp3) is 0.538. The lowest BCUT2D eigenvalue weighted by Crippen LogP contribution is -2.34. The van der Waals surface area contributed by atoms with Gasteiger partial charge in [-0.2, -0.15) is 0 Å². The van der Waals surface area contributed by atoms with Crippen LogP contribution < -0.4 is 5.32 Å². The van der Waals surface area contributed by atoms with Gasteiger partial charge in [0.25, 0.3) is 0 Å². The van der Waals surface area contributed by atoms with Crippen LogP contribution in [0.2, 0.25) is 0 Å². The van der Waals surface area contributed by atoms with E-state index in [9.17, 15) is 0 Å². The summed E-state index contributed by atoms with van der Waals surface area (Å²) in [4.78, 5) is 2.56. The largest absolute Gasteiger partial charge is 0.313 e. The summed E-state index contributed by atoms with van der Waals surface area (Å²) in [6.45, 7) is 4.73. The molecule has 2 heteroatoms. The minimum Gasteiger partial charge on any atom is -0.313 e. The first-order valence-electron chi connectivity index (χ1n) is 5.94. The Morgan fingerprint density at radius 2 is 1.93 bits per heavy atom. The second-order valence-corrected chi connectivity index (χ2v) is 4.73. The summed E-state index contributed by atoms with van der Waals surface area (Å²) in [6.07, 6.45) is 2.71. The lowest BCUT2D eigenvalue weighted by atomic mass is 10.1. The van der Waals surface area contributed by atoms with Crippen LogP contribution >= 0.6 is 0 Å². The Kier molecular flexibility index (Phi) is 2.47. The van der Waals surface area contributed by atoms with Crippen molar-refractivity contribution in [2.24, 2.45) is 0 Å². The Labute approximate surface area is 91.3 Å². The molecule has 0 saturated carbocycles. The molecule has 15 heavy (non-hydrogen) atoms. The maximum absolute atomic E-state index is 3.57. The normalized spacial score (nSPS) is 25.7. The van der Waals surface area contributed by atoms with Gasteiger partial charge < -0.3 is 5.32 Å². The molecule has 0 aromatic heterocycles. The molecule has 3 rings (SSSR count). The fourth-order valence-electron chi connectivity index (χ4n) is 2.76. The molecular weight excluding hydrogens is 184 g/mol. The Hall–Kier alpha value is -0.860. The number of hydrogen-bond acceptors (Lipinski definition) is 2. The van der Waals surface area contributed by atoms with Gasteiger partial charge in [-0.15, -0.1) is 0 Å². The minimum atomic E-state index is 0.735. The van der Waals surface area contributed by atoms with E-state index in [-0.39, 0.29) is 0 Å². The van der Waals surface area contributed by atoms with Gasteiger partial charge in [0.05, 0.1) is 0 Å². The van der Waals surface area contributed by atoms with E-state index in [0.29, 0.717) is 0 Å². The van der Waals surface area contributed by atoms with Gasteiger partial charge in [-0.05, 0) is 30.5 Å². The smallest absolute Gasteiger partial charge is 0.0241 e. The van der Waals surface area contributed by atoms with Gasteiger partial charge in [-0.1, -0.05) is 24.3 Å². The zero-order valence-electron chi connectivity index (χ0n) is 9.08. The van der Waals surface area contributed by atoms with E-state index in [1.54, 1.807) is 0 Å². The van der Waals surface area contributed by atoms with E-state index in [1.807, 2.05) is 0 Å². The van der Waals surface area contributed by atoms with Crippen molar-refractivity contribution < 1.29 is 0 Å². The second-order valence-electron chi connectivity index (χ2n) is 4.73. The maximum Gasteiger partial charge on any atom is 0.0241 e. The van der Waals surface area contributed by atoms with Crippen LogP contribution in [0.3, 0.4) is 0 Å². The third-order valence-electron chi connectivity index (χ3n) is 3.55. The van der Waals surface area contributed by atoms with Gasteiger partial charge in [0.1, 0.15) is 0 Å². The Bertz CT molecular complexity index is 317. The van der Waals surface area contributed by atoms with Gasteiger partial charge >= 0.3 is 0 Å². The van der Waals surface area contributed by atoms with Crippen LogP contribution in [0.15, 0.2) is 24.3 Å². The summed E-state index contributed by atoms with van der Waals surface area (Å²) in [5.74, 6) is 0. The van der Waals surface area contributed by atoms with Gasteiger partial charge in [0.2, 0.25) is 0 Å². The topological polar surface area (TPSA) is 15.3 Å². The monoisotopic (exact) mass is 202 g/mol. The molecule has 1 saturated heterocycles. The number of fused-ring (bicyclic) bond motifs is 1. The Balaban J connectivity index is 1.63. The van der Waals surface area contributed by atoms with Crippen molar-refractivity contribution in [2.45, 2.75) is 32.0 Å². The van der Waals surface area contributed by atoms with Gasteiger partial charge in [-0.3, -0.25) is 4.90 Å². The van der Waals surface area contributed by atoms with Gasteiger partial charge in [0.15, 0.2) is 0 Å². The molecule has 1 aromatic carbocycles. The van der Waals surface area contributed by atoms with Gasteiger partial charge in [-0.25, -0.2) is 0 Å². The molecule has 1 N–H and O–H groups in total. The molecule has 2 aliphatic rings. The summed E-state index contributed by atoms with van der Waals surface area (Å²) in [7, 11) is 0. The molecule has 2 nitrogen and oxygen atoms in total. The molecule has 0 amide bonds. The molecule has 0 bridgehead atoms. The summed E-state index contributed by atoms with van der Waals surface area (Å²) < 4.78 is 0. The number of nitrogens with one attached hydrogen (secondary N) is 1. The average Bonchev–Trinajstić information content (AvgIpc) is 2.86. The summed E-state index contributed by atoms with van der Waals surface area (Å²) in [6, 6.07) is 9.56. The quantitative estimate of drug-likeness (QED) is 0.786. The number of hydrogen-bond donors (Lipinski definition) is 1.